The first-order valence-corrected chi connectivity index (χ1v) is 4.75. The highest BCUT2D eigenvalue weighted by atomic mass is 16.5. The predicted molar refractivity (Wildman–Crippen MR) is 59.3 cm³/mol. The van der Waals surface area contributed by atoms with Crippen LogP contribution in [0, 0.1) is 0 Å². The van der Waals surface area contributed by atoms with Gasteiger partial charge in [-0.25, -0.2) is 4.79 Å². The lowest BCUT2D eigenvalue weighted by molar-refractivity contribution is -0.139. The van der Waals surface area contributed by atoms with Gasteiger partial charge in [-0.15, -0.1) is 0 Å². The number of ether oxygens (including phenoxy) is 1. The fraction of sp³-hybridized carbons (Fsp3) is 0.182. The summed E-state index contributed by atoms with van der Waals surface area (Å²) < 4.78 is 4.93. The van der Waals surface area contributed by atoms with E-state index >= 15 is 0 Å². The number of carbonyl (C=O) groups is 3. The highest BCUT2D eigenvalue weighted by Gasteiger charge is 2.10. The molecule has 0 fully saturated rings. The average molecular weight is 237 g/mol. The van der Waals surface area contributed by atoms with E-state index in [1.807, 2.05) is 0 Å². The zero-order chi connectivity index (χ0) is 12.8. The molecule has 0 radical (unpaired) electrons. The van der Waals surface area contributed by atoms with Crippen LogP contribution in [0.4, 0.5) is 5.69 Å². The average Bonchev–Trinajstić information content (AvgIpc) is 2.25. The SMILES string of the molecule is CC(=O)Nc1cccc(OCC(=O)O)c1C=O. The van der Waals surface area contributed by atoms with Crippen LogP contribution in [-0.4, -0.2) is 29.9 Å². The molecule has 90 valence electrons. The third-order valence-corrected chi connectivity index (χ3v) is 1.85. The van der Waals surface area contributed by atoms with Crippen LogP contribution >= 0.6 is 0 Å². The highest BCUT2D eigenvalue weighted by molar-refractivity contribution is 5.97. The van der Waals surface area contributed by atoms with Gasteiger partial charge in [0.2, 0.25) is 5.91 Å². The Morgan fingerprint density at radius 3 is 2.71 bits per heavy atom. The Labute approximate surface area is 97.2 Å². The van der Waals surface area contributed by atoms with Crippen molar-refractivity contribution in [2.24, 2.45) is 0 Å². The van der Waals surface area contributed by atoms with E-state index in [9.17, 15) is 14.4 Å². The summed E-state index contributed by atoms with van der Waals surface area (Å²) in [5.41, 5.74) is 0.402. The Morgan fingerprint density at radius 1 is 1.47 bits per heavy atom. The third kappa shape index (κ3) is 3.60. The number of carbonyl (C=O) groups excluding carboxylic acids is 2. The van der Waals surface area contributed by atoms with E-state index in [-0.39, 0.29) is 22.9 Å². The normalized spacial score (nSPS) is 9.47. The number of aliphatic carboxylic acids is 1. The molecule has 0 spiro atoms. The number of anilines is 1. The van der Waals surface area contributed by atoms with Crippen LogP contribution in [0.3, 0.4) is 0 Å². The second kappa shape index (κ2) is 5.64. The lowest BCUT2D eigenvalue weighted by Crippen LogP contribution is -2.12. The maximum atomic E-state index is 10.9. The number of aldehydes is 1. The number of rotatable bonds is 5. The number of nitrogens with one attached hydrogen (secondary N) is 1. The number of hydrogen-bond acceptors (Lipinski definition) is 4. The summed E-state index contributed by atoms with van der Waals surface area (Å²) in [5, 5.41) is 10.9. The molecule has 0 bridgehead atoms. The Morgan fingerprint density at radius 2 is 2.18 bits per heavy atom. The molecule has 0 saturated carbocycles. The van der Waals surface area contributed by atoms with Gasteiger partial charge in [0.1, 0.15) is 5.75 Å². The van der Waals surface area contributed by atoms with Gasteiger partial charge in [-0.1, -0.05) is 6.07 Å². The fourth-order valence-corrected chi connectivity index (χ4v) is 1.23. The summed E-state index contributed by atoms with van der Waals surface area (Å²) in [5.74, 6) is -1.36. The first-order chi connectivity index (χ1) is 8.04. The molecule has 0 aliphatic rings. The number of benzene rings is 1. The lowest BCUT2D eigenvalue weighted by Gasteiger charge is -2.10. The van der Waals surface area contributed by atoms with E-state index in [2.05, 4.69) is 5.32 Å². The molecule has 17 heavy (non-hydrogen) atoms. The van der Waals surface area contributed by atoms with Crippen LogP contribution in [-0.2, 0) is 9.59 Å². The fourth-order valence-electron chi connectivity index (χ4n) is 1.23. The molecule has 0 heterocycles. The van der Waals surface area contributed by atoms with Crippen LogP contribution < -0.4 is 10.1 Å². The van der Waals surface area contributed by atoms with Gasteiger partial charge in [-0.3, -0.25) is 9.59 Å². The van der Waals surface area contributed by atoms with Gasteiger partial charge < -0.3 is 15.2 Å². The molecule has 0 aliphatic carbocycles. The zero-order valence-electron chi connectivity index (χ0n) is 9.10. The Kier molecular flexibility index (Phi) is 4.21. The molecule has 0 aliphatic heterocycles. The maximum absolute atomic E-state index is 10.9. The van der Waals surface area contributed by atoms with E-state index in [1.54, 1.807) is 6.07 Å². The molecule has 0 atom stereocenters. The van der Waals surface area contributed by atoms with Crippen molar-refractivity contribution in [1.82, 2.24) is 0 Å². The quantitative estimate of drug-likeness (QED) is 0.743. The molecular weight excluding hydrogens is 226 g/mol. The van der Waals surface area contributed by atoms with Crippen LogP contribution in [0.2, 0.25) is 0 Å². The molecule has 1 amide bonds. The maximum Gasteiger partial charge on any atom is 0.341 e. The monoisotopic (exact) mass is 237 g/mol. The molecule has 6 heteroatoms. The van der Waals surface area contributed by atoms with Gasteiger partial charge >= 0.3 is 5.97 Å². The molecule has 0 aromatic heterocycles. The first-order valence-electron chi connectivity index (χ1n) is 4.75. The van der Waals surface area contributed by atoms with Crippen molar-refractivity contribution in [3.05, 3.63) is 23.8 Å². The molecule has 1 aromatic carbocycles. The number of amides is 1. The van der Waals surface area contributed by atoms with Crippen molar-refractivity contribution < 1.29 is 24.2 Å². The molecular formula is C11H11NO5. The van der Waals surface area contributed by atoms with Crippen LogP contribution in [0.5, 0.6) is 5.75 Å². The predicted octanol–water partition coefficient (Wildman–Crippen LogP) is 0.921. The van der Waals surface area contributed by atoms with Gasteiger partial charge in [0.25, 0.3) is 0 Å². The minimum atomic E-state index is -1.15. The topological polar surface area (TPSA) is 92.7 Å². The number of carboxylic acids is 1. The molecule has 1 rings (SSSR count). The molecule has 1 aromatic rings. The second-order valence-corrected chi connectivity index (χ2v) is 3.20. The van der Waals surface area contributed by atoms with Crippen LogP contribution in [0.1, 0.15) is 17.3 Å². The summed E-state index contributed by atoms with van der Waals surface area (Å²) in [6.07, 6.45) is 0.502. The van der Waals surface area contributed by atoms with Gasteiger partial charge in [0.05, 0.1) is 11.3 Å². The molecule has 6 nitrogen and oxygen atoms in total. The van der Waals surface area contributed by atoms with E-state index < -0.39 is 12.6 Å². The summed E-state index contributed by atoms with van der Waals surface area (Å²) in [6, 6.07) is 4.53. The minimum Gasteiger partial charge on any atom is -0.481 e. The second-order valence-electron chi connectivity index (χ2n) is 3.20. The first kappa shape index (κ1) is 12.7. The van der Waals surface area contributed by atoms with Gasteiger partial charge in [-0.05, 0) is 12.1 Å². The summed E-state index contributed by atoms with van der Waals surface area (Å²) in [4.78, 5) is 32.1. The summed E-state index contributed by atoms with van der Waals surface area (Å²) >= 11 is 0. The van der Waals surface area contributed by atoms with Crippen molar-refractivity contribution >= 4 is 23.9 Å². The highest BCUT2D eigenvalue weighted by Crippen LogP contribution is 2.24. The van der Waals surface area contributed by atoms with Crippen molar-refractivity contribution in [2.75, 3.05) is 11.9 Å². The summed E-state index contributed by atoms with van der Waals surface area (Å²) in [7, 11) is 0. The van der Waals surface area contributed by atoms with Crippen LogP contribution in [0.15, 0.2) is 18.2 Å². The molecule has 0 unspecified atom stereocenters. The van der Waals surface area contributed by atoms with Gasteiger partial charge in [0.15, 0.2) is 12.9 Å². The van der Waals surface area contributed by atoms with Crippen LogP contribution in [0.25, 0.3) is 0 Å². The minimum absolute atomic E-state index is 0.115. The largest absolute Gasteiger partial charge is 0.481 e. The Bertz CT molecular complexity index is 455. The number of hydrogen-bond donors (Lipinski definition) is 2. The van der Waals surface area contributed by atoms with Gasteiger partial charge in [0, 0.05) is 6.92 Å². The Hall–Kier alpha value is -2.37. The molecule has 0 saturated heterocycles. The van der Waals surface area contributed by atoms with Gasteiger partial charge in [-0.2, -0.15) is 0 Å². The van der Waals surface area contributed by atoms with E-state index in [1.165, 1.54) is 19.1 Å². The van der Waals surface area contributed by atoms with Crippen molar-refractivity contribution in [1.29, 1.82) is 0 Å². The summed E-state index contributed by atoms with van der Waals surface area (Å²) in [6.45, 7) is 0.754. The molecule has 2 N–H and O–H groups in total. The van der Waals surface area contributed by atoms with Crippen molar-refractivity contribution in [2.45, 2.75) is 6.92 Å². The van der Waals surface area contributed by atoms with E-state index in [0.717, 1.165) is 0 Å². The van der Waals surface area contributed by atoms with E-state index in [0.29, 0.717) is 6.29 Å². The lowest BCUT2D eigenvalue weighted by atomic mass is 10.1. The van der Waals surface area contributed by atoms with E-state index in [4.69, 9.17) is 9.84 Å². The number of carboxylic acid groups (broad SMARTS) is 1. The third-order valence-electron chi connectivity index (χ3n) is 1.85. The van der Waals surface area contributed by atoms with Crippen molar-refractivity contribution in [3.8, 4) is 5.75 Å². The zero-order valence-corrected chi connectivity index (χ0v) is 9.10. The smallest absolute Gasteiger partial charge is 0.341 e. The van der Waals surface area contributed by atoms with Crippen molar-refractivity contribution in [3.63, 3.8) is 0 Å². The standard InChI is InChI=1S/C11H11NO5/c1-7(14)12-9-3-2-4-10(8(9)5-13)17-6-11(15)16/h2-5H,6H2,1H3,(H,12,14)(H,15,16). The Balaban J connectivity index is 3.00.